The van der Waals surface area contributed by atoms with E-state index in [1.165, 1.54) is 89.5 Å². The number of hydrogen-bond acceptors (Lipinski definition) is 12. The van der Waals surface area contributed by atoms with Crippen LogP contribution in [-0.2, 0) is 37.1 Å². The number of nitrogens with one attached hydrogen (secondary N) is 2. The number of aromatic hydroxyl groups is 1. The summed E-state index contributed by atoms with van der Waals surface area (Å²) in [5, 5.41) is 36.0. The van der Waals surface area contributed by atoms with E-state index in [1.54, 1.807) is 13.8 Å². The number of β-lactam (4-membered cyclic amide) rings is 1. The van der Waals surface area contributed by atoms with Crippen LogP contribution in [0.3, 0.4) is 0 Å². The van der Waals surface area contributed by atoms with Gasteiger partial charge in [-0.05, 0) is 66.9 Å². The number of nitrogens with zero attached hydrogens (tertiary/aromatic N) is 3. The van der Waals surface area contributed by atoms with Crippen LogP contribution in [0.5, 0.6) is 5.75 Å². The number of ether oxygens (including phenoxy) is 2. The van der Waals surface area contributed by atoms with E-state index in [0.717, 1.165) is 0 Å². The minimum Gasteiger partial charge on any atom is -0.508 e. The first-order valence-corrected chi connectivity index (χ1v) is 15.3. The molecule has 3 aromatic carbocycles. The zero-order valence-corrected chi connectivity index (χ0v) is 26.2. The number of alkyl carbamates (subject to hydrolysis) is 1. The van der Waals surface area contributed by atoms with Crippen LogP contribution in [0.2, 0.25) is 0 Å². The lowest BCUT2D eigenvalue weighted by Gasteiger charge is -2.44. The summed E-state index contributed by atoms with van der Waals surface area (Å²) in [5.74, 6) is -2.05. The molecule has 3 aromatic rings. The van der Waals surface area contributed by atoms with Crippen LogP contribution in [0, 0.1) is 20.2 Å². The van der Waals surface area contributed by atoms with Crippen molar-refractivity contribution in [2.75, 3.05) is 0 Å². The molecule has 3 N–H and O–H groups in total. The Morgan fingerprint density at radius 2 is 1.42 bits per heavy atom. The quantitative estimate of drug-likeness (QED) is 0.115. The molecule has 2 aliphatic rings. The molecule has 3 amide bonds. The fraction of sp³-hybridized carbons (Fsp3) is 0.290. The van der Waals surface area contributed by atoms with Gasteiger partial charge in [-0.2, -0.15) is 0 Å². The number of thioether (sulfide) groups is 1. The second-order valence-corrected chi connectivity index (χ2v) is 13.2. The van der Waals surface area contributed by atoms with Gasteiger partial charge in [0.2, 0.25) is 11.8 Å². The fourth-order valence-corrected chi connectivity index (χ4v) is 6.92. The molecule has 2 aliphatic heterocycles. The van der Waals surface area contributed by atoms with Crippen LogP contribution < -0.4 is 10.6 Å². The molecule has 5 rings (SSSR count). The van der Waals surface area contributed by atoms with Crippen LogP contribution in [0.1, 0.15) is 36.6 Å². The van der Waals surface area contributed by atoms with Crippen molar-refractivity contribution in [1.29, 1.82) is 0 Å². The van der Waals surface area contributed by atoms with Gasteiger partial charge in [0.25, 0.3) is 11.4 Å². The maximum atomic E-state index is 13.6. The molecule has 0 aromatic heterocycles. The average molecular weight is 680 g/mol. The molecular formula is C31H29N5O11S. The van der Waals surface area contributed by atoms with E-state index in [9.17, 15) is 44.5 Å². The lowest BCUT2D eigenvalue weighted by Crippen LogP contribution is -2.71. The SMILES string of the molecule is CC1(C)S[C@@H]2[C@H](NC(=O)C(NC(=O)OCc3ccc([N+](=O)[O-])cc3)c3ccc(O)cc3)C(=O)N2[C@H]1C(=O)OCc1ccc([N+](=O)[O-])cc1. The number of nitro benzene ring substituents is 2. The van der Waals surface area contributed by atoms with Crippen molar-refractivity contribution in [2.45, 2.75) is 55.3 Å². The lowest BCUT2D eigenvalue weighted by atomic mass is 9.95. The van der Waals surface area contributed by atoms with Gasteiger partial charge in [0.15, 0.2) is 0 Å². The van der Waals surface area contributed by atoms with E-state index in [2.05, 4.69) is 10.6 Å². The zero-order chi connectivity index (χ0) is 34.7. The maximum absolute atomic E-state index is 13.6. The number of carbonyl (C=O) groups excluding carboxylic acids is 4. The van der Waals surface area contributed by atoms with Gasteiger partial charge >= 0.3 is 12.1 Å². The molecule has 16 nitrogen and oxygen atoms in total. The highest BCUT2D eigenvalue weighted by molar-refractivity contribution is 8.01. The van der Waals surface area contributed by atoms with Crippen molar-refractivity contribution in [3.63, 3.8) is 0 Å². The fourth-order valence-electron chi connectivity index (χ4n) is 5.30. The first-order chi connectivity index (χ1) is 22.7. The monoisotopic (exact) mass is 679 g/mol. The van der Waals surface area contributed by atoms with E-state index in [4.69, 9.17) is 9.47 Å². The van der Waals surface area contributed by atoms with E-state index in [0.29, 0.717) is 11.1 Å². The lowest BCUT2D eigenvalue weighted by molar-refractivity contribution is -0.385. The highest BCUT2D eigenvalue weighted by atomic mass is 32.2. The molecule has 0 radical (unpaired) electrons. The Kier molecular flexibility index (Phi) is 9.51. The van der Waals surface area contributed by atoms with Gasteiger partial charge in [-0.3, -0.25) is 29.8 Å². The first-order valence-electron chi connectivity index (χ1n) is 14.4. The van der Waals surface area contributed by atoms with Crippen LogP contribution in [0.4, 0.5) is 16.2 Å². The summed E-state index contributed by atoms with van der Waals surface area (Å²) in [6.45, 7) is 3.11. The third kappa shape index (κ3) is 7.15. The maximum Gasteiger partial charge on any atom is 0.408 e. The topological polar surface area (TPSA) is 221 Å². The Morgan fingerprint density at radius 1 is 0.896 bits per heavy atom. The van der Waals surface area contributed by atoms with Crippen LogP contribution in [0.25, 0.3) is 0 Å². The molecule has 0 bridgehead atoms. The van der Waals surface area contributed by atoms with Gasteiger partial charge in [0.1, 0.15) is 42.5 Å². The van der Waals surface area contributed by atoms with Crippen molar-refractivity contribution in [3.8, 4) is 5.75 Å². The summed E-state index contributed by atoms with van der Waals surface area (Å²) in [6, 6.07) is 13.0. The van der Waals surface area contributed by atoms with E-state index in [-0.39, 0.29) is 35.9 Å². The molecular weight excluding hydrogens is 650 g/mol. The highest BCUT2D eigenvalue weighted by Crippen LogP contribution is 2.51. The third-order valence-electron chi connectivity index (χ3n) is 7.76. The first kappa shape index (κ1) is 33.6. The normalized spacial score (nSPS) is 19.7. The number of carbonyl (C=O) groups is 4. The van der Waals surface area contributed by atoms with E-state index in [1.807, 2.05) is 0 Å². The molecule has 48 heavy (non-hydrogen) atoms. The van der Waals surface area contributed by atoms with Crippen molar-refractivity contribution < 1.29 is 43.6 Å². The average Bonchev–Trinajstić information content (AvgIpc) is 3.32. The van der Waals surface area contributed by atoms with Gasteiger partial charge < -0.3 is 30.1 Å². The number of nitro groups is 2. The molecule has 250 valence electrons. The molecule has 0 saturated carbocycles. The van der Waals surface area contributed by atoms with Gasteiger partial charge in [-0.15, -0.1) is 11.8 Å². The molecule has 0 spiro atoms. The summed E-state index contributed by atoms with van der Waals surface area (Å²) >= 11 is 1.29. The number of fused-ring (bicyclic) bond motifs is 1. The Hall–Kier alpha value is -5.71. The van der Waals surface area contributed by atoms with E-state index < -0.39 is 62.0 Å². The van der Waals surface area contributed by atoms with Crippen LogP contribution in [0.15, 0.2) is 72.8 Å². The third-order valence-corrected chi connectivity index (χ3v) is 9.33. The molecule has 17 heteroatoms. The summed E-state index contributed by atoms with van der Waals surface area (Å²) in [5.41, 5.74) is 1.01. The molecule has 2 heterocycles. The Balaban J connectivity index is 1.23. The van der Waals surface area contributed by atoms with Crippen molar-refractivity contribution in [1.82, 2.24) is 15.5 Å². The summed E-state index contributed by atoms with van der Waals surface area (Å²) in [7, 11) is 0. The number of esters is 1. The predicted molar refractivity (Wildman–Crippen MR) is 168 cm³/mol. The number of rotatable bonds is 11. The van der Waals surface area contributed by atoms with E-state index >= 15 is 0 Å². The summed E-state index contributed by atoms with van der Waals surface area (Å²) in [4.78, 5) is 74.8. The predicted octanol–water partition coefficient (Wildman–Crippen LogP) is 3.47. The van der Waals surface area contributed by atoms with Gasteiger partial charge in [-0.1, -0.05) is 12.1 Å². The Labute approximate surface area is 276 Å². The van der Waals surface area contributed by atoms with Crippen molar-refractivity contribution in [3.05, 3.63) is 110 Å². The van der Waals surface area contributed by atoms with Crippen LogP contribution in [-0.4, -0.2) is 65.9 Å². The summed E-state index contributed by atoms with van der Waals surface area (Å²) in [6.07, 6.45) is -0.990. The van der Waals surface area contributed by atoms with Gasteiger partial charge in [0, 0.05) is 29.0 Å². The molecule has 2 saturated heterocycles. The second kappa shape index (κ2) is 13.6. The van der Waals surface area contributed by atoms with Crippen LogP contribution >= 0.6 is 11.8 Å². The minimum absolute atomic E-state index is 0.0837. The smallest absolute Gasteiger partial charge is 0.408 e. The van der Waals surface area contributed by atoms with Crippen molar-refractivity contribution >= 4 is 47.0 Å². The largest absolute Gasteiger partial charge is 0.508 e. The Bertz CT molecular complexity index is 1750. The summed E-state index contributed by atoms with van der Waals surface area (Å²) < 4.78 is 9.89. The zero-order valence-electron chi connectivity index (χ0n) is 25.4. The Morgan fingerprint density at radius 3 is 1.94 bits per heavy atom. The number of hydrogen-bond donors (Lipinski definition) is 3. The molecule has 0 aliphatic carbocycles. The van der Waals surface area contributed by atoms with Crippen molar-refractivity contribution in [2.24, 2.45) is 0 Å². The number of phenols is 1. The molecule has 2 fully saturated rings. The standard InChI is InChI=1S/C31H29N5O11S/c1-31(2)25(29(40)46-15-17-3-9-20(10-4-17)35(42)43)34-27(39)24(28(34)48-31)32-26(38)23(19-7-13-22(37)14-8-19)33-30(41)47-16-18-5-11-21(12-6-18)36(44)45/h3-14,23-25,28,37H,15-16H2,1-2H3,(H,32,38)(H,33,41)/t23?,24-,25+,28-/m1/s1. The second-order valence-electron chi connectivity index (χ2n) is 11.4. The minimum atomic E-state index is -1.35. The highest BCUT2D eigenvalue weighted by Gasteiger charge is 2.64. The number of amides is 3. The number of non-ortho nitro benzene ring substituents is 2. The number of benzene rings is 3. The number of phenolic OH excluding ortho intramolecular Hbond substituents is 1. The molecule has 4 atom stereocenters. The van der Waals surface area contributed by atoms with Gasteiger partial charge in [0.05, 0.1) is 9.85 Å². The van der Waals surface area contributed by atoms with Gasteiger partial charge in [-0.25, -0.2) is 9.59 Å². The molecule has 1 unspecified atom stereocenters.